The first-order valence-corrected chi connectivity index (χ1v) is 9.38. The van der Waals surface area contributed by atoms with E-state index < -0.39 is 5.92 Å². The second-order valence-corrected chi connectivity index (χ2v) is 6.96. The summed E-state index contributed by atoms with van der Waals surface area (Å²) in [6.45, 7) is 0.678. The maximum absolute atomic E-state index is 13.0. The highest BCUT2D eigenvalue weighted by molar-refractivity contribution is 6.30. The number of esters is 1. The summed E-state index contributed by atoms with van der Waals surface area (Å²) in [6, 6.07) is 22.8. The number of benzene rings is 3. The van der Waals surface area contributed by atoms with Crippen molar-refractivity contribution in [2.24, 2.45) is 0 Å². The maximum Gasteiger partial charge on any atom is 0.318 e. The van der Waals surface area contributed by atoms with Crippen LogP contribution in [0.25, 0.3) is 0 Å². The first-order valence-electron chi connectivity index (χ1n) is 9.01. The molecule has 0 saturated carbocycles. The SMILES string of the molecule is O=C(OCc1cc(Cl)cc2c1OCOC2)C(c1ccccc1)c1ccccc1. The molecule has 0 spiro atoms. The van der Waals surface area contributed by atoms with E-state index in [2.05, 4.69) is 0 Å². The Balaban J connectivity index is 1.59. The van der Waals surface area contributed by atoms with Crippen molar-refractivity contribution in [1.82, 2.24) is 0 Å². The first kappa shape index (κ1) is 18.5. The molecular formula is C23H19ClO4. The lowest BCUT2D eigenvalue weighted by Crippen LogP contribution is -2.18. The molecule has 0 unspecified atom stereocenters. The Morgan fingerprint density at radius 3 is 2.29 bits per heavy atom. The van der Waals surface area contributed by atoms with Gasteiger partial charge in [-0.2, -0.15) is 0 Å². The van der Waals surface area contributed by atoms with E-state index in [1.165, 1.54) is 0 Å². The van der Waals surface area contributed by atoms with Gasteiger partial charge < -0.3 is 14.2 Å². The minimum absolute atomic E-state index is 0.0812. The van der Waals surface area contributed by atoms with E-state index >= 15 is 0 Å². The third kappa shape index (κ3) is 4.03. The number of fused-ring (bicyclic) bond motifs is 1. The first-order chi connectivity index (χ1) is 13.7. The summed E-state index contributed by atoms with van der Waals surface area (Å²) >= 11 is 6.20. The van der Waals surface area contributed by atoms with Crippen molar-refractivity contribution in [2.75, 3.05) is 6.79 Å². The summed E-state index contributed by atoms with van der Waals surface area (Å²) in [5.41, 5.74) is 3.36. The third-order valence-electron chi connectivity index (χ3n) is 4.62. The van der Waals surface area contributed by atoms with Crippen molar-refractivity contribution in [3.63, 3.8) is 0 Å². The monoisotopic (exact) mass is 394 g/mol. The molecule has 28 heavy (non-hydrogen) atoms. The molecule has 0 N–H and O–H groups in total. The standard InChI is InChI=1S/C23H19ClO4/c24-20-11-18-13-26-15-28-22(18)19(12-20)14-27-23(25)21(16-7-3-1-4-8-16)17-9-5-2-6-10-17/h1-12,21H,13-15H2. The zero-order valence-corrected chi connectivity index (χ0v) is 15.9. The van der Waals surface area contributed by atoms with E-state index in [-0.39, 0.29) is 19.4 Å². The molecule has 142 valence electrons. The van der Waals surface area contributed by atoms with Gasteiger partial charge >= 0.3 is 5.97 Å². The van der Waals surface area contributed by atoms with Gasteiger partial charge in [-0.3, -0.25) is 4.79 Å². The summed E-state index contributed by atoms with van der Waals surface area (Å²) in [4.78, 5) is 13.0. The van der Waals surface area contributed by atoms with Crippen molar-refractivity contribution >= 4 is 17.6 Å². The smallest absolute Gasteiger partial charge is 0.318 e. The maximum atomic E-state index is 13.0. The molecule has 4 rings (SSSR count). The lowest BCUT2D eigenvalue weighted by Gasteiger charge is -2.22. The lowest BCUT2D eigenvalue weighted by atomic mass is 9.91. The minimum Gasteiger partial charge on any atom is -0.467 e. The zero-order valence-electron chi connectivity index (χ0n) is 15.1. The molecule has 0 amide bonds. The normalized spacial score (nSPS) is 12.9. The van der Waals surface area contributed by atoms with Crippen LogP contribution in [-0.2, 0) is 27.5 Å². The van der Waals surface area contributed by atoms with Crippen LogP contribution in [-0.4, -0.2) is 12.8 Å². The molecule has 5 heteroatoms. The molecule has 0 aromatic heterocycles. The predicted octanol–water partition coefficient (Wildman–Crippen LogP) is 5.08. The molecule has 1 aliphatic rings. The summed E-state index contributed by atoms with van der Waals surface area (Å²) in [5, 5.41) is 0.557. The van der Waals surface area contributed by atoms with Crippen LogP contribution in [0.1, 0.15) is 28.2 Å². The Kier molecular flexibility index (Phi) is 5.60. The number of ether oxygens (including phenoxy) is 3. The largest absolute Gasteiger partial charge is 0.467 e. The quantitative estimate of drug-likeness (QED) is 0.566. The molecule has 0 bridgehead atoms. The molecule has 3 aromatic rings. The fourth-order valence-electron chi connectivity index (χ4n) is 3.35. The van der Waals surface area contributed by atoms with E-state index in [9.17, 15) is 4.79 Å². The van der Waals surface area contributed by atoms with Gasteiger partial charge in [0.25, 0.3) is 0 Å². The topological polar surface area (TPSA) is 44.8 Å². The molecule has 0 fully saturated rings. The van der Waals surface area contributed by atoms with Crippen molar-refractivity contribution in [1.29, 1.82) is 0 Å². The summed E-state index contributed by atoms with van der Waals surface area (Å²) in [7, 11) is 0. The Bertz CT molecular complexity index is 918. The van der Waals surface area contributed by atoms with Crippen LogP contribution in [0.4, 0.5) is 0 Å². The van der Waals surface area contributed by atoms with E-state index in [0.29, 0.717) is 17.4 Å². The number of carbonyl (C=O) groups is 1. The highest BCUT2D eigenvalue weighted by atomic mass is 35.5. The van der Waals surface area contributed by atoms with Gasteiger partial charge in [-0.25, -0.2) is 0 Å². The van der Waals surface area contributed by atoms with Crippen LogP contribution in [0.15, 0.2) is 72.8 Å². The number of hydrogen-bond acceptors (Lipinski definition) is 4. The molecule has 0 aliphatic carbocycles. The fourth-order valence-corrected chi connectivity index (χ4v) is 3.62. The molecule has 1 aliphatic heterocycles. The average molecular weight is 395 g/mol. The molecule has 0 saturated heterocycles. The van der Waals surface area contributed by atoms with Crippen LogP contribution in [0.2, 0.25) is 5.02 Å². The highest BCUT2D eigenvalue weighted by Gasteiger charge is 2.25. The second kappa shape index (κ2) is 8.46. The zero-order chi connectivity index (χ0) is 19.3. The highest BCUT2D eigenvalue weighted by Crippen LogP contribution is 2.33. The van der Waals surface area contributed by atoms with Crippen LogP contribution in [0.3, 0.4) is 0 Å². The van der Waals surface area contributed by atoms with Crippen molar-refractivity contribution < 1.29 is 19.0 Å². The molecular weight excluding hydrogens is 376 g/mol. The van der Waals surface area contributed by atoms with Gasteiger partial charge in [-0.05, 0) is 23.3 Å². The van der Waals surface area contributed by atoms with Gasteiger partial charge in [0.1, 0.15) is 18.3 Å². The summed E-state index contributed by atoms with van der Waals surface area (Å²) < 4.78 is 16.6. The van der Waals surface area contributed by atoms with Gasteiger partial charge in [0.05, 0.1) is 6.61 Å². The van der Waals surface area contributed by atoms with Gasteiger partial charge in [-0.1, -0.05) is 72.3 Å². The Hall–Kier alpha value is -2.82. The Morgan fingerprint density at radius 2 is 1.64 bits per heavy atom. The average Bonchev–Trinajstić information content (AvgIpc) is 2.73. The lowest BCUT2D eigenvalue weighted by molar-refractivity contribution is -0.145. The van der Waals surface area contributed by atoms with E-state index in [1.807, 2.05) is 60.7 Å². The molecule has 0 radical (unpaired) electrons. The van der Waals surface area contributed by atoms with E-state index in [4.69, 9.17) is 25.8 Å². The van der Waals surface area contributed by atoms with Crippen LogP contribution < -0.4 is 4.74 Å². The van der Waals surface area contributed by atoms with Gasteiger partial charge in [-0.15, -0.1) is 0 Å². The minimum atomic E-state index is -0.498. The van der Waals surface area contributed by atoms with E-state index in [0.717, 1.165) is 22.3 Å². The van der Waals surface area contributed by atoms with Gasteiger partial charge in [0.15, 0.2) is 6.79 Å². The van der Waals surface area contributed by atoms with Gasteiger partial charge in [0, 0.05) is 16.1 Å². The number of halogens is 1. The molecule has 0 atom stereocenters. The Morgan fingerprint density at radius 1 is 1.00 bits per heavy atom. The molecule has 4 nitrogen and oxygen atoms in total. The molecule has 3 aromatic carbocycles. The van der Waals surface area contributed by atoms with Crippen molar-refractivity contribution in [3.05, 3.63) is 100 Å². The van der Waals surface area contributed by atoms with Crippen LogP contribution in [0, 0.1) is 0 Å². The van der Waals surface area contributed by atoms with Crippen LogP contribution >= 0.6 is 11.6 Å². The summed E-state index contributed by atoms with van der Waals surface area (Å²) in [5.74, 6) is -0.140. The second-order valence-electron chi connectivity index (χ2n) is 6.53. The van der Waals surface area contributed by atoms with Crippen molar-refractivity contribution in [2.45, 2.75) is 19.1 Å². The third-order valence-corrected chi connectivity index (χ3v) is 4.84. The number of rotatable bonds is 5. The molecule has 1 heterocycles. The summed E-state index contributed by atoms with van der Waals surface area (Å²) in [6.07, 6.45) is 0. The number of carbonyl (C=O) groups excluding carboxylic acids is 1. The fraction of sp³-hybridized carbons (Fsp3) is 0.174. The van der Waals surface area contributed by atoms with E-state index in [1.54, 1.807) is 12.1 Å². The van der Waals surface area contributed by atoms with Crippen LogP contribution in [0.5, 0.6) is 5.75 Å². The van der Waals surface area contributed by atoms with Gasteiger partial charge in [0.2, 0.25) is 0 Å². The van der Waals surface area contributed by atoms with Crippen molar-refractivity contribution in [3.8, 4) is 5.75 Å². The Labute approximate surface area is 168 Å². The predicted molar refractivity (Wildman–Crippen MR) is 106 cm³/mol. The number of hydrogen-bond donors (Lipinski definition) is 0.